The largest absolute Gasteiger partial charge is 0.508 e. The molecule has 0 saturated carbocycles. The minimum absolute atomic E-state index is 0.0760. The maximum Gasteiger partial charge on any atom is 0.248 e. The Morgan fingerprint density at radius 2 is 1.17 bits per heavy atom. The molecule has 15 rings (SSSR count). The van der Waals surface area contributed by atoms with E-state index in [4.69, 9.17) is 56.4 Å². The molecule has 8 amide bonds. The van der Waals surface area contributed by atoms with Crippen LogP contribution in [-0.4, -0.2) is 234 Å². The summed E-state index contributed by atoms with van der Waals surface area (Å²) in [4.78, 5) is 127. The molecule has 39 heteroatoms. The number of phenolic OH excluding ortho intramolecular Hbond substituents is 4. The van der Waals surface area contributed by atoms with Crippen LogP contribution in [0.1, 0.15) is 147 Å². The molecule has 8 aliphatic rings. The lowest BCUT2D eigenvalue weighted by molar-refractivity contribution is -0.277. The van der Waals surface area contributed by atoms with Crippen molar-refractivity contribution >= 4 is 70.5 Å². The van der Waals surface area contributed by atoms with Gasteiger partial charge in [-0.2, -0.15) is 0 Å². The molecule has 0 spiro atoms. The Kier molecular flexibility index (Phi) is 29.9. The van der Waals surface area contributed by atoms with Crippen LogP contribution in [0.25, 0.3) is 11.1 Å². The van der Waals surface area contributed by atoms with E-state index in [0.29, 0.717) is 37.3 Å². The van der Waals surface area contributed by atoms with E-state index in [1.807, 2.05) is 4.90 Å². The molecule has 2 saturated heterocycles. The molecule has 7 aromatic carbocycles. The fourth-order valence-corrected chi connectivity index (χ4v) is 16.4. The predicted molar refractivity (Wildman–Crippen MR) is 452 cm³/mol. The van der Waals surface area contributed by atoms with Crippen molar-refractivity contribution in [2.45, 2.75) is 188 Å². The topological polar surface area (TPSA) is 555 Å². The Morgan fingerprint density at radius 1 is 0.543 bits per heavy atom. The van der Waals surface area contributed by atoms with E-state index in [9.17, 15) is 70.9 Å². The maximum atomic E-state index is 16.8. The summed E-state index contributed by atoms with van der Waals surface area (Å²) in [7, 11) is 4.98. The van der Waals surface area contributed by atoms with Crippen molar-refractivity contribution in [1.29, 1.82) is 0 Å². The average molecular weight is 1800 g/mol. The summed E-state index contributed by atoms with van der Waals surface area (Å²) in [5.41, 5.74) is -2.44. The van der Waals surface area contributed by atoms with E-state index >= 15 is 28.8 Å². The van der Waals surface area contributed by atoms with Crippen molar-refractivity contribution in [3.05, 3.63) is 164 Å². The van der Waals surface area contributed by atoms with Crippen LogP contribution in [0.3, 0.4) is 0 Å². The first-order valence-electron chi connectivity index (χ1n) is 41.5. The molecule has 127 heavy (non-hydrogen) atoms. The number of unbranched alkanes of at least 4 members (excludes halogenated alkanes) is 5. The first-order valence-corrected chi connectivity index (χ1v) is 42.3. The molecule has 7 aromatic rings. The highest BCUT2D eigenvalue weighted by Gasteiger charge is 2.50. The Labute approximate surface area is 737 Å². The second-order valence-electron chi connectivity index (χ2n) is 32.7. The molecule has 0 aromatic heterocycles. The van der Waals surface area contributed by atoms with Gasteiger partial charge in [0.2, 0.25) is 65.6 Å². The molecule has 0 radical (unpaired) electrons. The van der Waals surface area contributed by atoms with Crippen LogP contribution in [0.2, 0.25) is 10.0 Å². The zero-order valence-corrected chi connectivity index (χ0v) is 71.0. The summed E-state index contributed by atoms with van der Waals surface area (Å²) in [6.45, 7) is 2.73. The van der Waals surface area contributed by atoms with Crippen LogP contribution in [0.4, 0.5) is 0 Å². The van der Waals surface area contributed by atoms with Gasteiger partial charge >= 0.3 is 0 Å². The van der Waals surface area contributed by atoms with Crippen LogP contribution < -0.4 is 71.5 Å². The molecule has 8 heterocycles. The third-order valence-corrected chi connectivity index (χ3v) is 23.5. The molecule has 0 aliphatic carbocycles. The van der Waals surface area contributed by atoms with Gasteiger partial charge in [-0.1, -0.05) is 106 Å². The molecule has 37 nitrogen and oxygen atoms in total. The number of benzene rings is 7. The summed E-state index contributed by atoms with van der Waals surface area (Å²) in [6.07, 6.45) is -13.8. The number of phenols is 4. The molecule has 21 N–H and O–H groups in total. The lowest BCUT2D eigenvalue weighted by atomic mass is 9.89. The van der Waals surface area contributed by atoms with E-state index in [-0.39, 0.29) is 59.1 Å². The highest BCUT2D eigenvalue weighted by atomic mass is 35.5. The number of hydrogen-bond donors (Lipinski definition) is 21. The van der Waals surface area contributed by atoms with Crippen LogP contribution in [0, 0.1) is 5.92 Å². The van der Waals surface area contributed by atoms with Gasteiger partial charge in [-0.25, -0.2) is 0 Å². The number of halogens is 2. The Morgan fingerprint density at radius 3 is 1.86 bits per heavy atom. The summed E-state index contributed by atoms with van der Waals surface area (Å²) < 4.78 is 44.9. The van der Waals surface area contributed by atoms with Gasteiger partial charge in [0, 0.05) is 48.2 Å². The molecular formula is C88H102Cl2N10O27. The van der Waals surface area contributed by atoms with E-state index in [1.54, 1.807) is 14.1 Å². The number of likely N-dealkylation sites (N-methyl/N-ethyl adjacent to an activating group) is 1. The zero-order valence-electron chi connectivity index (χ0n) is 69.5. The van der Waals surface area contributed by atoms with E-state index < -0.39 is 254 Å². The summed E-state index contributed by atoms with van der Waals surface area (Å²) in [5.74, 6) is -14.9. The number of amides is 8. The van der Waals surface area contributed by atoms with Crippen molar-refractivity contribution in [3.63, 3.8) is 0 Å². The number of carbonyl (C=O) groups excluding carboxylic acids is 8. The highest BCUT2D eigenvalue weighted by molar-refractivity contribution is 6.33. The molecular weight excluding hydrogens is 1700 g/mol. The normalized spacial score (nSPS) is 26.0. The molecule has 18 atom stereocenters. The number of carbonyl (C=O) groups is 8. The van der Waals surface area contributed by atoms with Gasteiger partial charge in [0.05, 0.1) is 23.3 Å². The van der Waals surface area contributed by atoms with Crippen LogP contribution in [0.15, 0.2) is 115 Å². The zero-order chi connectivity index (χ0) is 91.1. The number of nitrogens with zero attached hydrogens (tertiary/aromatic N) is 1. The van der Waals surface area contributed by atoms with E-state index in [2.05, 4.69) is 61.7 Å². The van der Waals surface area contributed by atoms with Crippen molar-refractivity contribution in [1.82, 2.24) is 52.8 Å². The van der Waals surface area contributed by atoms with Gasteiger partial charge in [0.1, 0.15) is 137 Å². The lowest BCUT2D eigenvalue weighted by Crippen LogP contribution is -2.65. The van der Waals surface area contributed by atoms with E-state index in [0.717, 1.165) is 92.8 Å². The van der Waals surface area contributed by atoms with Crippen LogP contribution in [-0.2, 0) is 54.3 Å². The third kappa shape index (κ3) is 21.2. The molecule has 17 bridgehead atoms. The average Bonchev–Trinajstić information content (AvgIpc) is 0.759. The number of fused-ring (bicyclic) bond motifs is 14. The smallest absolute Gasteiger partial charge is 0.248 e. The first kappa shape index (κ1) is 93.2. The van der Waals surface area contributed by atoms with Crippen LogP contribution >= 0.6 is 23.2 Å². The highest BCUT2D eigenvalue weighted by Crippen LogP contribution is 2.51. The van der Waals surface area contributed by atoms with Gasteiger partial charge in [-0.05, 0) is 153 Å². The Bertz CT molecular complexity index is 5240. The Hall–Kier alpha value is -11.4. The summed E-state index contributed by atoms with van der Waals surface area (Å²) in [5, 5.41) is 162. The first-order chi connectivity index (χ1) is 60.7. The Balaban J connectivity index is 1.04. The second kappa shape index (κ2) is 40.7. The summed E-state index contributed by atoms with van der Waals surface area (Å²) >= 11 is 14.3. The lowest BCUT2D eigenvalue weighted by Gasteiger charge is -2.42. The van der Waals surface area contributed by atoms with Crippen LogP contribution in [0.5, 0.6) is 69.0 Å². The molecule has 680 valence electrons. The van der Waals surface area contributed by atoms with Gasteiger partial charge in [-0.3, -0.25) is 38.4 Å². The van der Waals surface area contributed by atoms with Crippen molar-refractivity contribution < 1.29 is 133 Å². The fraction of sp³-hybridized carbons (Fsp3) is 0.432. The monoisotopic (exact) mass is 1800 g/mol. The minimum Gasteiger partial charge on any atom is -0.508 e. The van der Waals surface area contributed by atoms with Gasteiger partial charge in [-0.15, -0.1) is 0 Å². The molecule has 2 fully saturated rings. The maximum absolute atomic E-state index is 16.8. The van der Waals surface area contributed by atoms with Gasteiger partial charge < -0.3 is 147 Å². The summed E-state index contributed by atoms with van der Waals surface area (Å²) in [6, 6.07) is 6.60. The van der Waals surface area contributed by atoms with Gasteiger partial charge in [0.25, 0.3) is 0 Å². The number of rotatable bonds is 22. The quantitative estimate of drug-likeness (QED) is 0.0425. The minimum atomic E-state index is -2.40. The third-order valence-electron chi connectivity index (χ3n) is 22.8. The van der Waals surface area contributed by atoms with Crippen molar-refractivity contribution in [2.24, 2.45) is 5.92 Å². The number of aliphatic hydroxyl groups excluding tert-OH is 8. The fourth-order valence-electron chi connectivity index (χ4n) is 15.9. The van der Waals surface area contributed by atoms with Gasteiger partial charge in [0.15, 0.2) is 23.0 Å². The standard InChI is InChI=1S/C88H102Cl2N10O27/c1-39(2)13-10-8-6-7-9-11-14-63(107)94-72-76(111)74(109)61(37-101)125-87(72)127-79-59-31-44-32-60(79)123-56-24-19-43(29-51(56)89)73(108)71-86(120)98-69(81(115)92-25-12-26-100(4)5)49-33-45(103)34-58(124-88-78(113)77(112)75(110)62(38-102)126-88)64(49)48-28-41(17-22-53(48)104)67(83(117)99-71)95-84(118)68(44)96-85(119)70-50-35-47(36-55(106)65(50)90)122-57-30-42(18-23-54(57)105)66(91-3)82(116)93-52(80(114)97-70)27-40-15-20-46(121-59)21-16-40/h15-24,28-36,39,52,61-62,66-78,87-88,91,101-106,108-113H,6-14,25-27,37-38H2,1-5H3,(H,92,115)(H,93,116)(H,94,107)(H,95,118)(H,96,119)(H,97,114)(H,98,120)(H,99,117)/t52-,61-,62-,66+,67-,68-,69?,70?,71+,72-,73-,74-,75-,76-,77+,78+,87+,88+/m1/s1. The van der Waals surface area contributed by atoms with Crippen molar-refractivity contribution in [2.75, 3.05) is 47.4 Å². The number of nitrogens with one attached hydrogen (secondary N) is 9. The number of hydrogen-bond acceptors (Lipinski definition) is 29. The van der Waals surface area contributed by atoms with Crippen molar-refractivity contribution in [3.8, 4) is 80.1 Å². The number of aliphatic hydroxyl groups is 8. The predicted octanol–water partition coefficient (Wildman–Crippen LogP) is 4.08. The van der Waals surface area contributed by atoms with E-state index in [1.165, 1.54) is 61.6 Å². The number of ether oxygens (including phenoxy) is 7. The SMILES string of the molecule is CN[C@@H]1C(=O)N[C@@H]2Cc3ccc(cc3)Oc3cc4cc(c3O[C@@H]3O[C@H](CO)[C@@H](O)[C@H](O)[C@H]3NC(=O)CCCCCCCCC(C)C)Oc3ccc(cc3Cl)[C@@H](O)[C@@H]3NC(=O)[C@H](NC(=O)[C@@H]4NC(=O)C(NC2=O)c2cc(cc(O)c2Cl)Oc2cc1ccc2O)c1ccc(O)c(c1)-c1c(O[C@H]2O[C@H](CO)[C@@H](O)[C@H](O)[C@@H]2O)cc(O)cc1C(C(=O)NCCCN(C)C)NC3=O. The molecule has 8 aliphatic heterocycles. The number of aromatic hydroxyl groups is 4. The second-order valence-corrected chi connectivity index (χ2v) is 33.4. The molecule has 2 unspecified atom stereocenters.